The van der Waals surface area contributed by atoms with Gasteiger partial charge >= 0.3 is 5.97 Å². The van der Waals surface area contributed by atoms with E-state index >= 15 is 0 Å². The highest BCUT2D eigenvalue weighted by atomic mass is 35.5. The number of ether oxygens (including phenoxy) is 1. The van der Waals surface area contributed by atoms with Gasteiger partial charge in [-0.05, 0) is 17.7 Å². The lowest BCUT2D eigenvalue weighted by atomic mass is 10.0. The maximum absolute atomic E-state index is 11.0. The molecule has 1 aromatic carbocycles. The Kier molecular flexibility index (Phi) is 5.27. The summed E-state index contributed by atoms with van der Waals surface area (Å²) in [7, 11) is 1.19. The van der Waals surface area contributed by atoms with Crippen LogP contribution in [0, 0.1) is 0 Å². The van der Waals surface area contributed by atoms with Crippen LogP contribution in [0.5, 0.6) is 0 Å². The highest BCUT2D eigenvalue weighted by Gasteiger charge is 2.22. The van der Waals surface area contributed by atoms with Crippen LogP contribution in [0.4, 0.5) is 0 Å². The lowest BCUT2D eigenvalue weighted by molar-refractivity contribution is -0.144. The Balaban J connectivity index is 2.83. The SMILES string of the molecule is COC(=O)CC(O)C(O)c1ccc(C=O)c(Cl)c1. The summed E-state index contributed by atoms with van der Waals surface area (Å²) in [5.74, 6) is -0.628. The smallest absolute Gasteiger partial charge is 0.308 e. The molecular weight excluding hydrogens is 260 g/mol. The third-order valence-corrected chi connectivity index (χ3v) is 2.79. The maximum Gasteiger partial charge on any atom is 0.308 e. The molecule has 2 unspecified atom stereocenters. The summed E-state index contributed by atoms with van der Waals surface area (Å²) in [6, 6.07) is 4.26. The summed E-state index contributed by atoms with van der Waals surface area (Å²) in [5.41, 5.74) is 0.608. The number of esters is 1. The summed E-state index contributed by atoms with van der Waals surface area (Å²) in [4.78, 5) is 21.5. The van der Waals surface area contributed by atoms with Gasteiger partial charge in [0, 0.05) is 5.56 Å². The van der Waals surface area contributed by atoms with E-state index in [0.29, 0.717) is 11.8 Å². The van der Waals surface area contributed by atoms with Crippen molar-refractivity contribution in [1.82, 2.24) is 0 Å². The zero-order valence-corrected chi connectivity index (χ0v) is 10.4. The molecular formula is C12H13ClO5. The lowest BCUT2D eigenvalue weighted by Crippen LogP contribution is -2.22. The van der Waals surface area contributed by atoms with E-state index < -0.39 is 18.2 Å². The zero-order chi connectivity index (χ0) is 13.7. The molecule has 0 heterocycles. The summed E-state index contributed by atoms with van der Waals surface area (Å²) in [6.07, 6.45) is -2.31. The number of rotatable bonds is 5. The van der Waals surface area contributed by atoms with Crippen LogP contribution in [0.1, 0.15) is 28.4 Å². The van der Waals surface area contributed by atoms with Crippen LogP contribution in [-0.2, 0) is 9.53 Å². The third kappa shape index (κ3) is 3.53. The quantitative estimate of drug-likeness (QED) is 0.620. The molecule has 2 atom stereocenters. The fourth-order valence-electron chi connectivity index (χ4n) is 1.41. The first kappa shape index (κ1) is 14.6. The fraction of sp³-hybridized carbons (Fsp3) is 0.333. The lowest BCUT2D eigenvalue weighted by Gasteiger charge is -2.17. The van der Waals surface area contributed by atoms with Crippen LogP contribution in [-0.4, -0.2) is 35.7 Å². The molecule has 0 aliphatic carbocycles. The fourth-order valence-corrected chi connectivity index (χ4v) is 1.64. The minimum atomic E-state index is -1.30. The normalized spacial score (nSPS) is 13.8. The molecule has 0 fully saturated rings. The molecule has 0 bridgehead atoms. The number of halogens is 1. The first-order chi connectivity index (χ1) is 8.49. The largest absolute Gasteiger partial charge is 0.469 e. The second-order valence-corrected chi connectivity index (χ2v) is 4.10. The number of hydrogen-bond acceptors (Lipinski definition) is 5. The number of aldehydes is 1. The minimum absolute atomic E-state index is 0.173. The Morgan fingerprint density at radius 2 is 2.17 bits per heavy atom. The Labute approximate surface area is 109 Å². The average molecular weight is 273 g/mol. The number of aliphatic hydroxyl groups excluding tert-OH is 2. The van der Waals surface area contributed by atoms with Gasteiger partial charge in [-0.2, -0.15) is 0 Å². The summed E-state index contributed by atoms with van der Waals surface area (Å²) in [6.45, 7) is 0. The number of methoxy groups -OCH3 is 1. The van der Waals surface area contributed by atoms with Crippen LogP contribution < -0.4 is 0 Å². The first-order valence-corrected chi connectivity index (χ1v) is 5.55. The summed E-state index contributed by atoms with van der Waals surface area (Å²) >= 11 is 5.80. The maximum atomic E-state index is 11.0. The molecule has 0 aliphatic rings. The van der Waals surface area contributed by atoms with Crippen LogP contribution in [0.25, 0.3) is 0 Å². The molecule has 18 heavy (non-hydrogen) atoms. The number of benzene rings is 1. The number of hydrogen-bond donors (Lipinski definition) is 2. The molecule has 0 saturated carbocycles. The van der Waals surface area contributed by atoms with E-state index in [1.807, 2.05) is 0 Å². The van der Waals surface area contributed by atoms with E-state index in [2.05, 4.69) is 4.74 Å². The Bertz CT molecular complexity index is 446. The molecule has 2 N–H and O–H groups in total. The van der Waals surface area contributed by atoms with Crippen molar-refractivity contribution >= 4 is 23.9 Å². The molecule has 0 saturated heterocycles. The summed E-state index contributed by atoms with van der Waals surface area (Å²) in [5, 5.41) is 19.6. The molecule has 0 radical (unpaired) electrons. The number of aliphatic hydroxyl groups is 2. The van der Waals surface area contributed by atoms with Gasteiger partial charge in [-0.15, -0.1) is 0 Å². The molecule has 6 heteroatoms. The second-order valence-electron chi connectivity index (χ2n) is 3.69. The van der Waals surface area contributed by atoms with Crippen LogP contribution in [0.3, 0.4) is 0 Å². The molecule has 0 amide bonds. The van der Waals surface area contributed by atoms with Crippen molar-refractivity contribution in [2.24, 2.45) is 0 Å². The van der Waals surface area contributed by atoms with Gasteiger partial charge in [0.15, 0.2) is 6.29 Å². The highest BCUT2D eigenvalue weighted by molar-refractivity contribution is 6.33. The Morgan fingerprint density at radius 1 is 1.50 bits per heavy atom. The molecule has 98 valence electrons. The molecule has 0 spiro atoms. The van der Waals surface area contributed by atoms with Crippen LogP contribution >= 0.6 is 11.6 Å². The zero-order valence-electron chi connectivity index (χ0n) is 9.67. The molecule has 1 aromatic rings. The van der Waals surface area contributed by atoms with E-state index in [4.69, 9.17) is 11.6 Å². The average Bonchev–Trinajstić information content (AvgIpc) is 2.37. The van der Waals surface area contributed by atoms with Crippen molar-refractivity contribution in [3.8, 4) is 0 Å². The summed E-state index contributed by atoms with van der Waals surface area (Å²) < 4.78 is 4.38. The van der Waals surface area contributed by atoms with Crippen molar-refractivity contribution in [2.45, 2.75) is 18.6 Å². The van der Waals surface area contributed by atoms with E-state index in [-0.39, 0.29) is 17.0 Å². The Hall–Kier alpha value is -1.43. The van der Waals surface area contributed by atoms with E-state index in [1.54, 1.807) is 0 Å². The van der Waals surface area contributed by atoms with Gasteiger partial charge in [0.25, 0.3) is 0 Å². The van der Waals surface area contributed by atoms with E-state index in [9.17, 15) is 19.8 Å². The van der Waals surface area contributed by atoms with E-state index in [0.717, 1.165) is 0 Å². The van der Waals surface area contributed by atoms with Crippen molar-refractivity contribution < 1.29 is 24.5 Å². The Morgan fingerprint density at radius 3 is 2.67 bits per heavy atom. The van der Waals surface area contributed by atoms with Gasteiger partial charge in [-0.25, -0.2) is 0 Å². The van der Waals surface area contributed by atoms with Crippen molar-refractivity contribution in [3.63, 3.8) is 0 Å². The number of carbonyl (C=O) groups excluding carboxylic acids is 2. The first-order valence-electron chi connectivity index (χ1n) is 5.17. The van der Waals surface area contributed by atoms with E-state index in [1.165, 1.54) is 25.3 Å². The standard InChI is InChI=1S/C12H13ClO5/c1-18-11(16)5-10(15)12(17)7-2-3-8(6-14)9(13)4-7/h2-4,6,10,12,15,17H,5H2,1H3. The topological polar surface area (TPSA) is 83.8 Å². The van der Waals surface area contributed by atoms with Crippen molar-refractivity contribution in [1.29, 1.82) is 0 Å². The van der Waals surface area contributed by atoms with Crippen molar-refractivity contribution in [3.05, 3.63) is 34.3 Å². The van der Waals surface area contributed by atoms with Gasteiger partial charge < -0.3 is 14.9 Å². The molecule has 1 rings (SSSR count). The number of carbonyl (C=O) groups is 2. The molecule has 0 aromatic heterocycles. The van der Waals surface area contributed by atoms with Gasteiger partial charge in [0.1, 0.15) is 6.10 Å². The molecule has 0 aliphatic heterocycles. The predicted molar refractivity (Wildman–Crippen MR) is 64.4 cm³/mol. The minimum Gasteiger partial charge on any atom is -0.469 e. The second kappa shape index (κ2) is 6.49. The van der Waals surface area contributed by atoms with Crippen LogP contribution in [0.15, 0.2) is 18.2 Å². The van der Waals surface area contributed by atoms with Gasteiger partial charge in [-0.1, -0.05) is 17.7 Å². The monoisotopic (exact) mass is 272 g/mol. The third-order valence-electron chi connectivity index (χ3n) is 2.46. The van der Waals surface area contributed by atoms with Gasteiger partial charge in [0.2, 0.25) is 0 Å². The molecule has 5 nitrogen and oxygen atoms in total. The predicted octanol–water partition coefficient (Wildman–Crippen LogP) is 1.11. The van der Waals surface area contributed by atoms with Gasteiger partial charge in [-0.3, -0.25) is 9.59 Å². The van der Waals surface area contributed by atoms with Crippen molar-refractivity contribution in [2.75, 3.05) is 7.11 Å². The van der Waals surface area contributed by atoms with Crippen LogP contribution in [0.2, 0.25) is 5.02 Å². The van der Waals surface area contributed by atoms with Gasteiger partial charge in [0.05, 0.1) is 24.7 Å². The highest BCUT2D eigenvalue weighted by Crippen LogP contribution is 2.24.